The summed E-state index contributed by atoms with van der Waals surface area (Å²) >= 11 is -2.09. The van der Waals surface area contributed by atoms with Gasteiger partial charge in [-0.25, -0.2) is 0 Å². The van der Waals surface area contributed by atoms with E-state index in [2.05, 4.69) is 11.8 Å². The molecule has 0 aliphatic carbocycles. The van der Waals surface area contributed by atoms with Crippen molar-refractivity contribution >= 4 is 11.1 Å². The number of ether oxygens (including phenoxy) is 1. The topological polar surface area (TPSA) is 49.4 Å². The first kappa shape index (κ1) is 10.8. The lowest BCUT2D eigenvalue weighted by molar-refractivity contribution is 0.415. The molecule has 4 heteroatoms. The first-order chi connectivity index (χ1) is 6.72. The van der Waals surface area contributed by atoms with Crippen LogP contribution >= 0.6 is 0 Å². The van der Waals surface area contributed by atoms with Gasteiger partial charge in [-0.3, -0.25) is 4.21 Å². The van der Waals surface area contributed by atoms with Crippen molar-refractivity contribution in [3.8, 4) is 17.6 Å². The highest BCUT2D eigenvalue weighted by molar-refractivity contribution is 7.79. The molecule has 14 heavy (non-hydrogen) atoms. The molecule has 1 aromatic rings. The molecule has 1 atom stereocenters. The van der Waals surface area contributed by atoms with E-state index in [0.29, 0.717) is 0 Å². The summed E-state index contributed by atoms with van der Waals surface area (Å²) in [6.07, 6.45) is 0. The molecule has 3 nitrogen and oxygen atoms in total. The second-order valence-corrected chi connectivity index (χ2v) is 3.37. The van der Waals surface area contributed by atoms with Crippen LogP contribution in [0.5, 0.6) is 5.75 Å². The maximum Gasteiger partial charge on any atom is 0.118 e. The maximum absolute atomic E-state index is 10.2. The minimum Gasteiger partial charge on any atom is -0.772 e. The molecule has 0 saturated carbocycles. The molecule has 0 amide bonds. The maximum atomic E-state index is 10.2. The Bertz CT molecular complexity index is 373. The molecular formula is C10H9O3S-. The number of rotatable bonds is 2. The van der Waals surface area contributed by atoms with Gasteiger partial charge in [-0.2, -0.15) is 0 Å². The summed E-state index contributed by atoms with van der Waals surface area (Å²) in [5, 5.41) is 0. The predicted octanol–water partition coefficient (Wildman–Crippen LogP) is 0.926. The molecule has 0 aliphatic heterocycles. The summed E-state index contributed by atoms with van der Waals surface area (Å²) in [6, 6.07) is 7.11. The lowest BCUT2D eigenvalue weighted by atomic mass is 10.2. The standard InChI is InChI=1S/C10H10O3S/c1-13-10-6-4-9(5-7-10)3-2-8-14(11)12/h4-7H,8H2,1H3,(H,11,12)/p-1. The molecule has 1 rings (SSSR count). The monoisotopic (exact) mass is 209 g/mol. The molecule has 1 aromatic carbocycles. The quantitative estimate of drug-likeness (QED) is 0.537. The van der Waals surface area contributed by atoms with Crippen LogP contribution in [0.1, 0.15) is 5.56 Å². The van der Waals surface area contributed by atoms with Crippen molar-refractivity contribution in [1.29, 1.82) is 0 Å². The SMILES string of the molecule is COc1ccc(C#CCS(=O)[O-])cc1. The molecule has 0 aliphatic rings. The van der Waals surface area contributed by atoms with Gasteiger partial charge in [0.25, 0.3) is 0 Å². The van der Waals surface area contributed by atoms with E-state index in [1.807, 2.05) is 0 Å². The van der Waals surface area contributed by atoms with E-state index in [9.17, 15) is 8.76 Å². The van der Waals surface area contributed by atoms with Gasteiger partial charge in [0.1, 0.15) is 5.75 Å². The highest BCUT2D eigenvalue weighted by Gasteiger charge is 1.89. The number of methoxy groups -OCH3 is 1. The van der Waals surface area contributed by atoms with E-state index in [1.165, 1.54) is 0 Å². The van der Waals surface area contributed by atoms with Crippen LogP contribution in [0.2, 0.25) is 0 Å². The Morgan fingerprint density at radius 1 is 1.43 bits per heavy atom. The molecule has 0 radical (unpaired) electrons. The molecule has 0 spiro atoms. The zero-order valence-electron chi connectivity index (χ0n) is 7.65. The Hall–Kier alpha value is -1.31. The molecule has 0 saturated heterocycles. The Labute approximate surface area is 85.4 Å². The second kappa shape index (κ2) is 5.43. The normalized spacial score (nSPS) is 11.3. The molecule has 0 heterocycles. The highest BCUT2D eigenvalue weighted by Crippen LogP contribution is 2.09. The number of hydrogen-bond acceptors (Lipinski definition) is 3. The second-order valence-electron chi connectivity index (χ2n) is 2.48. The van der Waals surface area contributed by atoms with Crippen LogP contribution in [0.25, 0.3) is 0 Å². The van der Waals surface area contributed by atoms with Crippen LogP contribution in [0.4, 0.5) is 0 Å². The predicted molar refractivity (Wildman–Crippen MR) is 53.7 cm³/mol. The van der Waals surface area contributed by atoms with Gasteiger partial charge in [0.15, 0.2) is 0 Å². The molecule has 0 N–H and O–H groups in total. The average molecular weight is 209 g/mol. The largest absolute Gasteiger partial charge is 0.772 e. The Morgan fingerprint density at radius 3 is 2.57 bits per heavy atom. The molecule has 74 valence electrons. The molecular weight excluding hydrogens is 200 g/mol. The third-order valence-electron chi connectivity index (χ3n) is 1.51. The fourth-order valence-electron chi connectivity index (χ4n) is 0.871. The molecule has 0 aromatic heterocycles. The van der Waals surface area contributed by atoms with Crippen molar-refractivity contribution in [2.45, 2.75) is 0 Å². The van der Waals surface area contributed by atoms with Crippen molar-refractivity contribution in [3.05, 3.63) is 29.8 Å². The third-order valence-corrected chi connectivity index (χ3v) is 1.89. The van der Waals surface area contributed by atoms with Gasteiger partial charge < -0.3 is 9.29 Å². The zero-order chi connectivity index (χ0) is 10.4. The van der Waals surface area contributed by atoms with Crippen molar-refractivity contribution in [2.75, 3.05) is 12.9 Å². The summed E-state index contributed by atoms with van der Waals surface area (Å²) in [7, 11) is 1.58. The van der Waals surface area contributed by atoms with Gasteiger partial charge in [0.05, 0.1) is 12.9 Å². The number of benzene rings is 1. The van der Waals surface area contributed by atoms with Crippen molar-refractivity contribution in [1.82, 2.24) is 0 Å². The minimum absolute atomic E-state index is 0.133. The fourth-order valence-corrected chi connectivity index (χ4v) is 1.06. The first-order valence-electron chi connectivity index (χ1n) is 3.91. The summed E-state index contributed by atoms with van der Waals surface area (Å²) < 4.78 is 25.3. The van der Waals surface area contributed by atoms with Crippen LogP contribution in [-0.4, -0.2) is 21.6 Å². The van der Waals surface area contributed by atoms with Crippen LogP contribution in [-0.2, 0) is 11.1 Å². The fraction of sp³-hybridized carbons (Fsp3) is 0.200. The van der Waals surface area contributed by atoms with E-state index >= 15 is 0 Å². The van der Waals surface area contributed by atoms with Crippen LogP contribution in [0.3, 0.4) is 0 Å². The lowest BCUT2D eigenvalue weighted by Crippen LogP contribution is -1.90. The van der Waals surface area contributed by atoms with Gasteiger partial charge in [0, 0.05) is 5.56 Å². The summed E-state index contributed by atoms with van der Waals surface area (Å²) in [5.74, 6) is 5.88. The van der Waals surface area contributed by atoms with E-state index in [-0.39, 0.29) is 5.75 Å². The van der Waals surface area contributed by atoms with Crippen molar-refractivity contribution < 1.29 is 13.5 Å². The van der Waals surface area contributed by atoms with Crippen molar-refractivity contribution in [3.63, 3.8) is 0 Å². The Kier molecular flexibility index (Phi) is 4.17. The van der Waals surface area contributed by atoms with E-state index < -0.39 is 11.1 Å². The summed E-state index contributed by atoms with van der Waals surface area (Å²) in [4.78, 5) is 0. The van der Waals surface area contributed by atoms with Gasteiger partial charge >= 0.3 is 0 Å². The van der Waals surface area contributed by atoms with Gasteiger partial charge in [-0.05, 0) is 35.3 Å². The van der Waals surface area contributed by atoms with E-state index in [4.69, 9.17) is 4.74 Å². The smallest absolute Gasteiger partial charge is 0.118 e. The summed E-state index contributed by atoms with van der Waals surface area (Å²) in [6.45, 7) is 0. The highest BCUT2D eigenvalue weighted by atomic mass is 32.2. The van der Waals surface area contributed by atoms with Gasteiger partial charge in [-0.15, -0.1) is 0 Å². The summed E-state index contributed by atoms with van der Waals surface area (Å²) in [5.41, 5.74) is 0.774. The number of hydrogen-bond donors (Lipinski definition) is 0. The first-order valence-corrected chi connectivity index (χ1v) is 5.15. The molecule has 0 fully saturated rings. The van der Waals surface area contributed by atoms with Crippen LogP contribution < -0.4 is 4.74 Å². The van der Waals surface area contributed by atoms with Crippen LogP contribution in [0.15, 0.2) is 24.3 Å². The Balaban J connectivity index is 2.66. The van der Waals surface area contributed by atoms with Crippen LogP contribution in [0, 0.1) is 11.8 Å². The third kappa shape index (κ3) is 3.60. The molecule has 0 bridgehead atoms. The lowest BCUT2D eigenvalue weighted by Gasteiger charge is -1.98. The minimum atomic E-state index is -2.09. The molecule has 1 unspecified atom stereocenters. The van der Waals surface area contributed by atoms with E-state index in [1.54, 1.807) is 31.4 Å². The van der Waals surface area contributed by atoms with Gasteiger partial charge in [0.2, 0.25) is 0 Å². The Morgan fingerprint density at radius 2 is 2.07 bits per heavy atom. The zero-order valence-corrected chi connectivity index (χ0v) is 8.47. The van der Waals surface area contributed by atoms with Crippen molar-refractivity contribution in [2.24, 2.45) is 0 Å². The average Bonchev–Trinajstić information content (AvgIpc) is 2.18. The van der Waals surface area contributed by atoms with Gasteiger partial charge in [-0.1, -0.05) is 11.8 Å². The van der Waals surface area contributed by atoms with E-state index in [0.717, 1.165) is 11.3 Å².